The van der Waals surface area contributed by atoms with Gasteiger partial charge in [-0.2, -0.15) is 0 Å². The molecule has 5 aliphatic rings. The monoisotopic (exact) mass is 996 g/mol. The van der Waals surface area contributed by atoms with Gasteiger partial charge in [-0.1, -0.05) is 167 Å². The van der Waals surface area contributed by atoms with E-state index in [1.54, 1.807) is 11.1 Å². The zero-order chi connectivity index (χ0) is 52.0. The second-order valence-corrected chi connectivity index (χ2v) is 27.1. The van der Waals surface area contributed by atoms with Crippen LogP contribution in [0.4, 0.5) is 51.2 Å². The Bertz CT molecular complexity index is 3660. The van der Waals surface area contributed by atoms with Crippen LogP contribution in [0.5, 0.6) is 0 Å². The number of fused-ring (bicyclic) bond motifs is 8. The van der Waals surface area contributed by atoms with Gasteiger partial charge in [-0.25, -0.2) is 0 Å². The number of hydrogen-bond donors (Lipinski definition) is 0. The fourth-order valence-corrected chi connectivity index (χ4v) is 14.6. The largest absolute Gasteiger partial charge is 0.311 e. The van der Waals surface area contributed by atoms with E-state index in [2.05, 4.69) is 278 Å². The Morgan fingerprint density at radius 3 is 1.57 bits per heavy atom. The van der Waals surface area contributed by atoms with Crippen molar-refractivity contribution in [3.8, 4) is 11.1 Å². The fourth-order valence-electron chi connectivity index (χ4n) is 13.3. The van der Waals surface area contributed by atoms with Gasteiger partial charge in [0, 0.05) is 60.2 Å². The molecular weight excluding hydrogens is 926 g/mol. The highest BCUT2D eigenvalue weighted by molar-refractivity contribution is 7.33. The molecule has 75 heavy (non-hydrogen) atoms. The molecule has 3 nitrogen and oxygen atoms in total. The Morgan fingerprint density at radius 2 is 1.00 bits per heavy atom. The second kappa shape index (κ2) is 16.8. The van der Waals surface area contributed by atoms with Gasteiger partial charge in [0.1, 0.15) is 0 Å². The van der Waals surface area contributed by atoms with E-state index in [9.17, 15) is 0 Å². The van der Waals surface area contributed by atoms with Crippen molar-refractivity contribution in [1.29, 1.82) is 0 Å². The smallest absolute Gasteiger partial charge is 0.264 e. The van der Waals surface area contributed by atoms with Crippen molar-refractivity contribution in [3.63, 3.8) is 0 Å². The number of thiophene rings is 1. The van der Waals surface area contributed by atoms with Gasteiger partial charge in [-0.05, 0) is 182 Å². The van der Waals surface area contributed by atoms with Gasteiger partial charge in [0.15, 0.2) is 0 Å². The molecule has 0 radical (unpaired) electrons. The van der Waals surface area contributed by atoms with Crippen LogP contribution in [0.1, 0.15) is 130 Å². The highest BCUT2D eigenvalue weighted by Crippen LogP contribution is 2.59. The molecule has 374 valence electrons. The van der Waals surface area contributed by atoms with Crippen LogP contribution in [0.2, 0.25) is 0 Å². The molecule has 1 fully saturated rings. The molecule has 0 spiro atoms. The molecule has 0 N–H and O–H groups in total. The molecule has 2 aliphatic heterocycles. The van der Waals surface area contributed by atoms with Crippen LogP contribution in [0, 0.1) is 0 Å². The first-order valence-corrected chi connectivity index (χ1v) is 28.4. The molecule has 14 rings (SSSR count). The summed E-state index contributed by atoms with van der Waals surface area (Å²) >= 11 is 2.05. The maximum atomic E-state index is 2.70. The Kier molecular flexibility index (Phi) is 10.8. The lowest BCUT2D eigenvalue weighted by molar-refractivity contribution is 0.188. The first-order chi connectivity index (χ1) is 35.8. The van der Waals surface area contributed by atoms with E-state index < -0.39 is 0 Å². The van der Waals surface area contributed by atoms with Crippen LogP contribution < -0.4 is 30.4 Å². The first kappa shape index (κ1) is 47.9. The summed E-state index contributed by atoms with van der Waals surface area (Å²) in [6.07, 6.45) is 5.05. The Morgan fingerprint density at radius 1 is 0.467 bits per heavy atom. The van der Waals surface area contributed by atoms with Gasteiger partial charge in [-0.3, -0.25) is 0 Å². The summed E-state index contributed by atoms with van der Waals surface area (Å²) in [6.45, 7) is 26.3. The lowest BCUT2D eigenvalue weighted by Gasteiger charge is -2.52. The van der Waals surface area contributed by atoms with E-state index >= 15 is 0 Å². The third kappa shape index (κ3) is 7.65. The molecule has 1 aromatic heterocycles. The van der Waals surface area contributed by atoms with Crippen LogP contribution >= 0.6 is 11.3 Å². The molecule has 3 heterocycles. The highest BCUT2D eigenvalue weighted by atomic mass is 32.1. The van der Waals surface area contributed by atoms with Crippen LogP contribution in [-0.4, -0.2) is 6.71 Å². The van der Waals surface area contributed by atoms with Crippen LogP contribution in [0.3, 0.4) is 0 Å². The molecule has 0 saturated heterocycles. The predicted molar refractivity (Wildman–Crippen MR) is 325 cm³/mol. The van der Waals surface area contributed by atoms with Crippen molar-refractivity contribution in [3.05, 3.63) is 204 Å². The zero-order valence-electron chi connectivity index (χ0n) is 45.9. The quantitative estimate of drug-likeness (QED) is 0.154. The van der Waals surface area contributed by atoms with E-state index in [1.165, 1.54) is 113 Å². The van der Waals surface area contributed by atoms with Gasteiger partial charge in [0.25, 0.3) is 6.71 Å². The number of anilines is 9. The van der Waals surface area contributed by atoms with Crippen molar-refractivity contribution < 1.29 is 0 Å². The molecular formula is C70H70BN3S. The van der Waals surface area contributed by atoms with E-state index in [1.807, 2.05) is 0 Å². The van der Waals surface area contributed by atoms with Crippen molar-refractivity contribution in [1.82, 2.24) is 0 Å². The van der Waals surface area contributed by atoms with Crippen molar-refractivity contribution in [2.24, 2.45) is 0 Å². The van der Waals surface area contributed by atoms with Gasteiger partial charge in [0.05, 0.1) is 11.4 Å². The maximum absolute atomic E-state index is 2.70. The van der Waals surface area contributed by atoms with Gasteiger partial charge in [-0.15, -0.1) is 11.3 Å². The molecule has 1 saturated carbocycles. The Hall–Kier alpha value is -6.82. The number of rotatable bonds is 6. The Labute approximate surface area is 451 Å². The summed E-state index contributed by atoms with van der Waals surface area (Å²) in [6, 6.07) is 67.7. The average molecular weight is 996 g/mol. The molecule has 5 heteroatoms. The van der Waals surface area contributed by atoms with E-state index in [0.29, 0.717) is 0 Å². The molecule has 3 aliphatic carbocycles. The summed E-state index contributed by atoms with van der Waals surface area (Å²) in [5.74, 6) is 0. The number of benzene rings is 8. The normalized spacial score (nSPS) is 18.7. The van der Waals surface area contributed by atoms with E-state index in [-0.39, 0.29) is 33.8 Å². The van der Waals surface area contributed by atoms with Crippen molar-refractivity contribution in [2.45, 2.75) is 129 Å². The highest BCUT2D eigenvalue weighted by Gasteiger charge is 2.50. The zero-order valence-corrected chi connectivity index (χ0v) is 46.7. The van der Waals surface area contributed by atoms with Crippen LogP contribution in [0.15, 0.2) is 176 Å². The van der Waals surface area contributed by atoms with E-state index in [0.717, 1.165) is 17.1 Å². The maximum Gasteiger partial charge on any atom is 0.264 e. The summed E-state index contributed by atoms with van der Waals surface area (Å²) in [5, 5.41) is 1.39. The Balaban J connectivity index is 1.16. The van der Waals surface area contributed by atoms with Crippen LogP contribution in [-0.2, 0) is 27.1 Å². The lowest BCUT2D eigenvalue weighted by atomic mass is 9.36. The SMILES string of the molecule is CC(C)(C)c1ccc(N2c3cc(C(C)(C)C)cc4c3B(c3ccc(N(c5ccccc5)c5ccccc5)cc3N4c3ccc(C(C)(C)C)cc3-c3ccccc3)c3sc4cc5c(cc4c32)C2(C)CCC5(C)CC2)cc1. The molecule has 9 aromatic rings. The third-order valence-corrected chi connectivity index (χ3v) is 19.1. The molecule has 0 amide bonds. The fraction of sp³-hybridized carbons (Fsp3) is 0.286. The van der Waals surface area contributed by atoms with Gasteiger partial charge < -0.3 is 14.7 Å². The average Bonchev–Trinajstić information content (AvgIpc) is 3.77. The first-order valence-electron chi connectivity index (χ1n) is 27.5. The minimum atomic E-state index is -0.161. The van der Waals surface area contributed by atoms with E-state index in [4.69, 9.17) is 0 Å². The minimum Gasteiger partial charge on any atom is -0.311 e. The molecule has 0 atom stereocenters. The van der Waals surface area contributed by atoms with Gasteiger partial charge >= 0.3 is 0 Å². The molecule has 0 unspecified atom stereocenters. The molecule has 2 bridgehead atoms. The van der Waals surface area contributed by atoms with Gasteiger partial charge in [0.2, 0.25) is 0 Å². The lowest BCUT2D eigenvalue weighted by Crippen LogP contribution is -2.60. The standard InChI is InChI=1S/C70H70BN3S/c1-66(2,3)46-27-30-51(31-28-46)73-60-40-48(68(7,8)9)41-61-63(60)71(65-64(73)54-43-55-56(44-62(54)75-65)70(11)37-35-69(55,10)36-38-70)57-33-32-52(72(49-23-17-13-18-24-49)50-25-19-14-20-26-50)42-59(57)74(61)58-34-29-47(67(4,5)6)39-53(58)45-21-15-12-16-22-45/h12-34,39-44H,35-38H2,1-11H3. The second-order valence-electron chi connectivity index (χ2n) is 26.0. The number of nitrogens with zero attached hydrogens (tertiary/aromatic N) is 3. The molecule has 8 aromatic carbocycles. The summed E-state index contributed by atoms with van der Waals surface area (Å²) in [7, 11) is 0. The number of para-hydroxylation sites is 2. The third-order valence-electron chi connectivity index (χ3n) is 17.9. The van der Waals surface area contributed by atoms with Crippen molar-refractivity contribution in [2.75, 3.05) is 14.7 Å². The van der Waals surface area contributed by atoms with Crippen molar-refractivity contribution >= 4 is 95.0 Å². The summed E-state index contributed by atoms with van der Waals surface area (Å²) in [4.78, 5) is 7.80. The van der Waals surface area contributed by atoms with Crippen LogP contribution in [0.25, 0.3) is 21.2 Å². The predicted octanol–water partition coefficient (Wildman–Crippen LogP) is 18.1. The minimum absolute atomic E-state index is 0.0161. The topological polar surface area (TPSA) is 9.72 Å². The number of hydrogen-bond acceptors (Lipinski definition) is 4. The summed E-state index contributed by atoms with van der Waals surface area (Å²) < 4.78 is 2.83. The summed E-state index contributed by atoms with van der Waals surface area (Å²) in [5.41, 5.74) is 23.4.